The number of benzene rings is 2. The molecule has 28 heavy (non-hydrogen) atoms. The monoisotopic (exact) mass is 399 g/mol. The smallest absolute Gasteiger partial charge is 0.359 e. The van der Waals surface area contributed by atoms with Gasteiger partial charge in [-0.05, 0) is 12.1 Å². The molecule has 0 bridgehead atoms. The number of halogens is 6. The molecule has 146 valence electrons. The molecule has 0 amide bonds. The molecule has 5 nitrogen and oxygen atoms in total. The van der Waals surface area contributed by atoms with Gasteiger partial charge in [-0.3, -0.25) is 0 Å². The normalized spacial score (nSPS) is 12.1. The third-order valence-electron chi connectivity index (χ3n) is 4.24. The maximum Gasteiger partial charge on any atom is 0.419 e. The molecule has 0 aliphatic carbocycles. The molecule has 0 atom stereocenters. The van der Waals surface area contributed by atoms with Gasteiger partial charge in [-0.1, -0.05) is 0 Å². The Morgan fingerprint density at radius 3 is 2.39 bits per heavy atom. The number of nitrogens with zero attached hydrogens (tertiary/aromatic N) is 2. The molecular weight excluding hydrogens is 388 g/mol. The van der Waals surface area contributed by atoms with Crippen molar-refractivity contribution in [3.63, 3.8) is 0 Å². The second kappa shape index (κ2) is 6.08. The number of anilines is 2. The van der Waals surface area contributed by atoms with Crippen molar-refractivity contribution in [2.45, 2.75) is 6.18 Å². The Hall–Kier alpha value is -3.37. The average Bonchev–Trinajstić information content (AvgIpc) is 3.14. The van der Waals surface area contributed by atoms with Crippen LogP contribution in [-0.2, 0) is 6.18 Å². The van der Waals surface area contributed by atoms with E-state index in [-0.39, 0.29) is 17.0 Å². The third-order valence-corrected chi connectivity index (χ3v) is 4.24. The summed E-state index contributed by atoms with van der Waals surface area (Å²) in [5.74, 6) is -3.50. The van der Waals surface area contributed by atoms with Crippen LogP contribution in [0, 0.1) is 17.5 Å². The molecule has 0 spiro atoms. The van der Waals surface area contributed by atoms with Crippen LogP contribution in [0.3, 0.4) is 0 Å². The van der Waals surface area contributed by atoms with Gasteiger partial charge in [0.05, 0.1) is 27.8 Å². The maximum atomic E-state index is 13.9. The summed E-state index contributed by atoms with van der Waals surface area (Å²) in [4.78, 5) is 6.81. The van der Waals surface area contributed by atoms with Crippen LogP contribution >= 0.6 is 0 Å². The van der Waals surface area contributed by atoms with Gasteiger partial charge in [-0.15, -0.1) is 0 Å². The molecule has 11 heteroatoms. The zero-order valence-electron chi connectivity index (χ0n) is 14.0. The van der Waals surface area contributed by atoms with Crippen molar-refractivity contribution in [1.82, 2.24) is 14.6 Å². The second-order valence-corrected chi connectivity index (χ2v) is 5.95. The van der Waals surface area contributed by atoms with Gasteiger partial charge in [0.1, 0.15) is 5.82 Å². The minimum atomic E-state index is -4.87. The fraction of sp³-hybridized carbons (Fsp3) is 0.118. The lowest BCUT2D eigenvalue weighted by Gasteiger charge is -2.10. The minimum Gasteiger partial charge on any atom is -0.359 e. The molecular formula is C17H11F6N5. The molecule has 2 aromatic carbocycles. The standard InChI is InChI=1S/C17H11F6N5/c1-24-28-15-5-9(18)8(17(21,22)23)3-13(15)26-16(28)27-14-6-25-12-4-11(20)10(19)2-7(12)14/h2-6,24-25H,1H3,(H,26,27). The number of aromatic nitrogens is 3. The zero-order chi connectivity index (χ0) is 20.2. The summed E-state index contributed by atoms with van der Waals surface area (Å²) in [5.41, 5.74) is 1.81. The van der Waals surface area contributed by atoms with Crippen molar-refractivity contribution in [3.8, 4) is 0 Å². The first-order chi connectivity index (χ1) is 13.2. The van der Waals surface area contributed by atoms with Crippen molar-refractivity contribution < 1.29 is 26.3 Å². The number of fused-ring (bicyclic) bond motifs is 2. The van der Waals surface area contributed by atoms with E-state index in [9.17, 15) is 26.3 Å². The highest BCUT2D eigenvalue weighted by Gasteiger charge is 2.35. The van der Waals surface area contributed by atoms with Gasteiger partial charge in [0, 0.05) is 30.8 Å². The number of hydrogen-bond acceptors (Lipinski definition) is 3. The fourth-order valence-corrected chi connectivity index (χ4v) is 2.97. The van der Waals surface area contributed by atoms with E-state index in [1.807, 2.05) is 0 Å². The molecule has 0 unspecified atom stereocenters. The summed E-state index contributed by atoms with van der Waals surface area (Å²) in [6, 6.07) is 3.27. The van der Waals surface area contributed by atoms with E-state index in [1.165, 1.54) is 17.9 Å². The highest BCUT2D eigenvalue weighted by atomic mass is 19.4. The summed E-state index contributed by atoms with van der Waals surface area (Å²) in [7, 11) is 1.46. The summed E-state index contributed by atoms with van der Waals surface area (Å²) in [6.07, 6.45) is -3.45. The summed E-state index contributed by atoms with van der Waals surface area (Å²) >= 11 is 0. The molecule has 0 aliphatic rings. The summed E-state index contributed by atoms with van der Waals surface area (Å²) in [6.45, 7) is 0. The van der Waals surface area contributed by atoms with E-state index in [0.29, 0.717) is 22.7 Å². The Balaban J connectivity index is 1.84. The van der Waals surface area contributed by atoms with Gasteiger partial charge in [0.2, 0.25) is 5.95 Å². The second-order valence-electron chi connectivity index (χ2n) is 5.95. The molecule has 0 saturated heterocycles. The van der Waals surface area contributed by atoms with Gasteiger partial charge >= 0.3 is 6.18 Å². The van der Waals surface area contributed by atoms with Gasteiger partial charge in [0.15, 0.2) is 11.6 Å². The molecule has 2 heterocycles. The fourth-order valence-electron chi connectivity index (χ4n) is 2.97. The van der Waals surface area contributed by atoms with Crippen molar-refractivity contribution in [2.24, 2.45) is 0 Å². The molecule has 0 aliphatic heterocycles. The van der Waals surface area contributed by atoms with E-state index in [4.69, 9.17) is 0 Å². The largest absolute Gasteiger partial charge is 0.419 e. The Morgan fingerprint density at radius 1 is 1.00 bits per heavy atom. The predicted octanol–water partition coefficient (Wildman–Crippen LogP) is 4.87. The van der Waals surface area contributed by atoms with Gasteiger partial charge in [-0.2, -0.15) is 13.2 Å². The van der Waals surface area contributed by atoms with Crippen LogP contribution in [0.1, 0.15) is 5.56 Å². The van der Waals surface area contributed by atoms with E-state index >= 15 is 0 Å². The van der Waals surface area contributed by atoms with Crippen molar-refractivity contribution >= 4 is 33.6 Å². The molecule has 4 aromatic rings. The first-order valence-corrected chi connectivity index (χ1v) is 7.89. The Morgan fingerprint density at radius 2 is 1.71 bits per heavy atom. The van der Waals surface area contributed by atoms with Crippen LogP contribution in [0.4, 0.5) is 38.0 Å². The van der Waals surface area contributed by atoms with Gasteiger partial charge < -0.3 is 15.7 Å². The van der Waals surface area contributed by atoms with Crippen LogP contribution in [0.5, 0.6) is 0 Å². The van der Waals surface area contributed by atoms with Crippen molar-refractivity contribution in [3.05, 3.63) is 53.5 Å². The summed E-state index contributed by atoms with van der Waals surface area (Å²) in [5, 5.41) is 3.13. The molecule has 0 saturated carbocycles. The highest BCUT2D eigenvalue weighted by Crippen LogP contribution is 2.35. The maximum absolute atomic E-state index is 13.9. The average molecular weight is 399 g/mol. The molecule has 0 radical (unpaired) electrons. The van der Waals surface area contributed by atoms with Crippen LogP contribution < -0.4 is 10.7 Å². The number of H-pyrrole nitrogens is 1. The molecule has 2 aromatic heterocycles. The molecule has 3 N–H and O–H groups in total. The number of aromatic amines is 1. The van der Waals surface area contributed by atoms with Crippen LogP contribution in [-0.4, -0.2) is 21.7 Å². The molecule has 4 rings (SSSR count). The van der Waals surface area contributed by atoms with Crippen molar-refractivity contribution in [1.29, 1.82) is 0 Å². The van der Waals surface area contributed by atoms with Crippen LogP contribution in [0.15, 0.2) is 30.5 Å². The zero-order valence-corrected chi connectivity index (χ0v) is 14.0. The van der Waals surface area contributed by atoms with Crippen LogP contribution in [0.25, 0.3) is 21.9 Å². The van der Waals surface area contributed by atoms with E-state index in [1.54, 1.807) is 0 Å². The third kappa shape index (κ3) is 2.79. The number of nitrogens with one attached hydrogen (secondary N) is 3. The quantitative estimate of drug-likeness (QED) is 0.431. The van der Waals surface area contributed by atoms with Crippen LogP contribution in [0.2, 0.25) is 0 Å². The van der Waals surface area contributed by atoms with E-state index in [2.05, 4.69) is 20.7 Å². The van der Waals surface area contributed by atoms with E-state index in [0.717, 1.165) is 18.2 Å². The van der Waals surface area contributed by atoms with E-state index < -0.39 is 29.2 Å². The number of alkyl halides is 3. The first-order valence-electron chi connectivity index (χ1n) is 7.89. The lowest BCUT2D eigenvalue weighted by Crippen LogP contribution is -2.12. The van der Waals surface area contributed by atoms with Gasteiger partial charge in [0.25, 0.3) is 0 Å². The lowest BCUT2D eigenvalue weighted by atomic mass is 10.2. The topological polar surface area (TPSA) is 57.7 Å². The Labute approximate surface area is 152 Å². The number of rotatable bonds is 3. The minimum absolute atomic E-state index is 0.0295. The number of hydrogen-bond donors (Lipinski definition) is 3. The SMILES string of the molecule is CNn1c(Nc2c[nH]c3cc(F)c(F)cc23)nc2cc(C(F)(F)F)c(F)cc21. The van der Waals surface area contributed by atoms with Crippen molar-refractivity contribution in [2.75, 3.05) is 17.8 Å². The molecule has 0 fully saturated rings. The Kier molecular flexibility index (Phi) is 3.91. The lowest BCUT2D eigenvalue weighted by molar-refractivity contribution is -0.139. The van der Waals surface area contributed by atoms with Gasteiger partial charge in [-0.25, -0.2) is 22.8 Å². The highest BCUT2D eigenvalue weighted by molar-refractivity contribution is 5.94. The summed E-state index contributed by atoms with van der Waals surface area (Å²) < 4.78 is 80.9. The Bertz CT molecular complexity index is 1210. The first kappa shape index (κ1) is 18.0. The number of imidazole rings is 1. The predicted molar refractivity (Wildman–Crippen MR) is 91.5 cm³/mol.